The number of esters is 4. The van der Waals surface area contributed by atoms with Gasteiger partial charge in [0.1, 0.15) is 19.3 Å². The van der Waals surface area contributed by atoms with Gasteiger partial charge in [0.15, 0.2) is 12.2 Å². The van der Waals surface area contributed by atoms with Gasteiger partial charge in [-0.05, 0) is 103 Å². The molecule has 0 bridgehead atoms. The summed E-state index contributed by atoms with van der Waals surface area (Å²) >= 11 is 0. The zero-order valence-electron chi connectivity index (χ0n) is 61.6. The van der Waals surface area contributed by atoms with Crippen LogP contribution in [0.15, 0.2) is 36.5 Å². The van der Waals surface area contributed by atoms with Gasteiger partial charge in [0.25, 0.3) is 0 Å². The fourth-order valence-electron chi connectivity index (χ4n) is 11.0. The molecule has 3 N–H and O–H groups in total. The molecule has 0 aliphatic carbocycles. The summed E-state index contributed by atoms with van der Waals surface area (Å²) in [5, 5.41) is 10.6. The predicted molar refractivity (Wildman–Crippen MR) is 391 cm³/mol. The summed E-state index contributed by atoms with van der Waals surface area (Å²) in [5.74, 6) is -2.16. The lowest BCUT2D eigenvalue weighted by Gasteiger charge is -2.21. The van der Waals surface area contributed by atoms with E-state index in [9.17, 15) is 43.2 Å². The molecule has 0 radical (unpaired) electrons. The Morgan fingerprint density at radius 2 is 0.479 bits per heavy atom. The van der Waals surface area contributed by atoms with Crippen molar-refractivity contribution in [3.8, 4) is 0 Å². The van der Waals surface area contributed by atoms with Crippen molar-refractivity contribution >= 4 is 39.5 Å². The molecule has 0 aromatic carbocycles. The average Bonchev–Trinajstić information content (AvgIpc) is 1.17. The second-order valence-electron chi connectivity index (χ2n) is 26.7. The molecule has 0 rings (SSSR count). The topological polar surface area (TPSA) is 237 Å². The molecule has 0 aliphatic rings. The number of allylic oxidation sites excluding steroid dienone is 6. The van der Waals surface area contributed by atoms with E-state index < -0.39 is 97.5 Å². The highest BCUT2D eigenvalue weighted by atomic mass is 31.2. The first kappa shape index (κ1) is 93.3. The van der Waals surface area contributed by atoms with E-state index in [4.69, 9.17) is 37.0 Å². The largest absolute Gasteiger partial charge is 0.472 e. The SMILES string of the molecule is CCCCCC/C=C\CCCCCCCC(=O)OC[C@H](COP(=O)(O)OC[C@@H](O)COP(=O)(O)OC[C@@H](COC(=O)CCCCCCC/C=C\CCCCCCCC)OC(=O)CCCCCCC/C=C\CCCCCCCC)OC(=O)CCCCCCCCCCCCCCC. The monoisotopic (exact) mass is 1400 g/mol. The van der Waals surface area contributed by atoms with Crippen LogP contribution in [0.1, 0.15) is 374 Å². The minimum atomic E-state index is -4.97. The van der Waals surface area contributed by atoms with Gasteiger partial charge < -0.3 is 33.8 Å². The Morgan fingerprint density at radius 3 is 0.729 bits per heavy atom. The number of unbranched alkanes of at least 4 members (excludes halogenated alkanes) is 43. The van der Waals surface area contributed by atoms with Crippen LogP contribution in [0.4, 0.5) is 0 Å². The summed E-state index contributed by atoms with van der Waals surface area (Å²) in [6, 6.07) is 0. The lowest BCUT2D eigenvalue weighted by atomic mass is 10.0. The zero-order valence-corrected chi connectivity index (χ0v) is 63.4. The first-order chi connectivity index (χ1) is 46.7. The van der Waals surface area contributed by atoms with Gasteiger partial charge in [-0.3, -0.25) is 37.3 Å². The van der Waals surface area contributed by atoms with Gasteiger partial charge in [-0.15, -0.1) is 0 Å². The molecule has 0 fully saturated rings. The molecular weight excluding hydrogens is 1260 g/mol. The standard InChI is InChI=1S/C77H144O17P2/c1-5-9-13-17-21-25-29-33-35-39-42-46-50-54-58-62-75(80)88-68-73(94-77(82)64-60-56-52-48-44-40-36-34-30-26-22-18-14-10-6-2)70-92-96(85,86)90-66-71(78)65-89-95(83,84)91-69-72(93-76(81)63-59-55-51-47-43-38-32-28-24-20-16-12-8-4)67-87-74(79)61-57-53-49-45-41-37-31-27-23-19-15-11-7-3/h27,31,33-36,71-73,78H,5-26,28-30,32,37-70H2,1-4H3,(H,83,84)(H,85,86)/b31-27-,35-33-,36-34-/t71-,72-,73-/m1/s1. The number of aliphatic hydroxyl groups excluding tert-OH is 1. The molecule has 564 valence electrons. The van der Waals surface area contributed by atoms with Crippen LogP contribution in [0.25, 0.3) is 0 Å². The second kappa shape index (κ2) is 70.7. The molecule has 2 unspecified atom stereocenters. The predicted octanol–water partition coefficient (Wildman–Crippen LogP) is 22.3. The van der Waals surface area contributed by atoms with E-state index in [1.165, 1.54) is 154 Å². The minimum Gasteiger partial charge on any atom is -0.462 e. The lowest BCUT2D eigenvalue weighted by Crippen LogP contribution is -2.30. The minimum absolute atomic E-state index is 0.0897. The third kappa shape index (κ3) is 69.7. The Labute approximate surface area is 585 Å². The van der Waals surface area contributed by atoms with Gasteiger partial charge in [0.05, 0.1) is 26.4 Å². The summed E-state index contributed by atoms with van der Waals surface area (Å²) < 4.78 is 68.5. The van der Waals surface area contributed by atoms with Crippen molar-refractivity contribution in [2.24, 2.45) is 0 Å². The van der Waals surface area contributed by atoms with E-state index in [0.29, 0.717) is 25.7 Å². The lowest BCUT2D eigenvalue weighted by molar-refractivity contribution is -0.161. The second-order valence-corrected chi connectivity index (χ2v) is 29.6. The summed E-state index contributed by atoms with van der Waals surface area (Å²) in [6.45, 7) is 4.90. The van der Waals surface area contributed by atoms with E-state index in [-0.39, 0.29) is 25.7 Å². The zero-order chi connectivity index (χ0) is 70.4. The highest BCUT2D eigenvalue weighted by Crippen LogP contribution is 2.45. The normalized spacial score (nSPS) is 14.1. The Morgan fingerprint density at radius 1 is 0.281 bits per heavy atom. The van der Waals surface area contributed by atoms with Crippen LogP contribution in [0, 0.1) is 0 Å². The highest BCUT2D eigenvalue weighted by molar-refractivity contribution is 7.47. The summed E-state index contributed by atoms with van der Waals surface area (Å²) in [4.78, 5) is 72.8. The molecule has 0 amide bonds. The molecular formula is C77H144O17P2. The molecule has 0 spiro atoms. The number of ether oxygens (including phenoxy) is 4. The molecule has 19 heteroatoms. The molecule has 0 heterocycles. The van der Waals surface area contributed by atoms with Crippen LogP contribution in [0.2, 0.25) is 0 Å². The smallest absolute Gasteiger partial charge is 0.462 e. The van der Waals surface area contributed by atoms with Gasteiger partial charge in [-0.2, -0.15) is 0 Å². The molecule has 0 saturated heterocycles. The fourth-order valence-corrected chi connectivity index (χ4v) is 12.6. The van der Waals surface area contributed by atoms with Gasteiger partial charge >= 0.3 is 39.5 Å². The van der Waals surface area contributed by atoms with Crippen LogP contribution >= 0.6 is 15.6 Å². The van der Waals surface area contributed by atoms with Crippen molar-refractivity contribution in [3.05, 3.63) is 36.5 Å². The van der Waals surface area contributed by atoms with E-state index in [2.05, 4.69) is 64.2 Å². The summed E-state index contributed by atoms with van der Waals surface area (Å²) in [6.07, 6.45) is 65.5. The maximum absolute atomic E-state index is 13.1. The first-order valence-corrected chi connectivity index (χ1v) is 42.2. The van der Waals surface area contributed by atoms with Crippen molar-refractivity contribution in [2.45, 2.75) is 393 Å². The summed E-state index contributed by atoms with van der Waals surface area (Å²) in [7, 11) is -9.93. The Balaban J connectivity index is 5.31. The number of hydrogen-bond acceptors (Lipinski definition) is 15. The average molecular weight is 1400 g/mol. The third-order valence-corrected chi connectivity index (χ3v) is 19.0. The van der Waals surface area contributed by atoms with Gasteiger partial charge in [0.2, 0.25) is 0 Å². The number of phosphoric ester groups is 2. The fraction of sp³-hybridized carbons (Fsp3) is 0.870. The van der Waals surface area contributed by atoms with E-state index in [1.807, 2.05) is 0 Å². The van der Waals surface area contributed by atoms with Gasteiger partial charge in [-0.25, -0.2) is 9.13 Å². The number of carbonyl (C=O) groups is 4. The molecule has 0 saturated carbocycles. The third-order valence-electron chi connectivity index (χ3n) is 17.1. The molecule has 0 aromatic rings. The summed E-state index contributed by atoms with van der Waals surface area (Å²) in [5.41, 5.74) is 0. The maximum atomic E-state index is 13.1. The van der Waals surface area contributed by atoms with Crippen molar-refractivity contribution < 1.29 is 80.2 Å². The van der Waals surface area contributed by atoms with Crippen molar-refractivity contribution in [3.63, 3.8) is 0 Å². The van der Waals surface area contributed by atoms with Crippen molar-refractivity contribution in [1.29, 1.82) is 0 Å². The molecule has 0 aliphatic heterocycles. The van der Waals surface area contributed by atoms with Crippen molar-refractivity contribution in [2.75, 3.05) is 39.6 Å². The van der Waals surface area contributed by atoms with Gasteiger partial charge in [-0.1, -0.05) is 282 Å². The van der Waals surface area contributed by atoms with Crippen LogP contribution in [0.3, 0.4) is 0 Å². The van der Waals surface area contributed by atoms with E-state index in [0.717, 1.165) is 141 Å². The molecule has 5 atom stereocenters. The Kier molecular flexibility index (Phi) is 68.7. The molecule has 0 aromatic heterocycles. The Bertz CT molecular complexity index is 1970. The number of aliphatic hydroxyl groups is 1. The molecule has 96 heavy (non-hydrogen) atoms. The number of phosphoric acid groups is 2. The van der Waals surface area contributed by atoms with Crippen LogP contribution in [-0.4, -0.2) is 96.7 Å². The number of hydrogen-bond donors (Lipinski definition) is 3. The van der Waals surface area contributed by atoms with Crippen molar-refractivity contribution in [1.82, 2.24) is 0 Å². The quantitative estimate of drug-likeness (QED) is 0.0169. The first-order valence-electron chi connectivity index (χ1n) is 39.2. The highest BCUT2D eigenvalue weighted by Gasteiger charge is 2.30. The Hall–Kier alpha value is -2.72. The number of carbonyl (C=O) groups excluding carboxylic acids is 4. The van der Waals surface area contributed by atoms with Gasteiger partial charge in [0, 0.05) is 25.7 Å². The van der Waals surface area contributed by atoms with Crippen LogP contribution < -0.4 is 0 Å². The van der Waals surface area contributed by atoms with E-state index in [1.54, 1.807) is 0 Å². The van der Waals surface area contributed by atoms with E-state index >= 15 is 0 Å². The molecule has 17 nitrogen and oxygen atoms in total. The van der Waals surface area contributed by atoms with Crippen LogP contribution in [0.5, 0.6) is 0 Å². The maximum Gasteiger partial charge on any atom is 0.472 e. The van der Waals surface area contributed by atoms with Crippen LogP contribution in [-0.2, 0) is 65.4 Å². The number of rotatable bonds is 75.